The smallest absolute Gasteiger partial charge is 0.195 e. The summed E-state index contributed by atoms with van der Waals surface area (Å²) in [6.45, 7) is 7.86. The van der Waals surface area contributed by atoms with E-state index < -0.39 is 11.6 Å². The zero-order chi connectivity index (χ0) is 10.1. The highest BCUT2D eigenvalue weighted by Gasteiger charge is 2.68. The first kappa shape index (κ1) is 9.09. The zero-order valence-corrected chi connectivity index (χ0v) is 8.94. The van der Waals surface area contributed by atoms with Gasteiger partial charge in [-0.2, -0.15) is 0 Å². The Hall–Kier alpha value is -0.160. The average molecular weight is 200 g/mol. The monoisotopic (exact) mass is 200 g/mol. The van der Waals surface area contributed by atoms with Gasteiger partial charge >= 0.3 is 0 Å². The fraction of sp³-hybridized carbons (Fsp3) is 1.00. The minimum absolute atomic E-state index is 0.0301. The predicted molar refractivity (Wildman–Crippen MR) is 47.7 cm³/mol. The van der Waals surface area contributed by atoms with Crippen molar-refractivity contribution in [3.63, 3.8) is 0 Å². The molecular weight excluding hydrogens is 184 g/mol. The molecule has 4 nitrogen and oxygen atoms in total. The van der Waals surface area contributed by atoms with Crippen LogP contribution in [-0.4, -0.2) is 36.0 Å². The third kappa shape index (κ3) is 0.877. The van der Waals surface area contributed by atoms with Crippen LogP contribution in [0.1, 0.15) is 27.7 Å². The van der Waals surface area contributed by atoms with Crippen molar-refractivity contribution >= 4 is 0 Å². The molecule has 3 heterocycles. The van der Waals surface area contributed by atoms with Crippen LogP contribution in [0.4, 0.5) is 0 Å². The fourth-order valence-corrected chi connectivity index (χ4v) is 2.95. The molecule has 3 rings (SSSR count). The summed E-state index contributed by atoms with van der Waals surface area (Å²) in [4.78, 5) is 0. The van der Waals surface area contributed by atoms with E-state index in [1.54, 1.807) is 0 Å². The topological polar surface area (TPSA) is 36.9 Å². The first-order valence-electron chi connectivity index (χ1n) is 5.16. The maximum atomic E-state index is 5.89. The van der Waals surface area contributed by atoms with Crippen LogP contribution in [0.15, 0.2) is 0 Å². The van der Waals surface area contributed by atoms with Gasteiger partial charge < -0.3 is 18.9 Å². The van der Waals surface area contributed by atoms with Crippen molar-refractivity contribution in [1.29, 1.82) is 0 Å². The second-order valence-electron chi connectivity index (χ2n) is 4.75. The minimum atomic E-state index is -0.625. The van der Waals surface area contributed by atoms with Crippen LogP contribution in [0.25, 0.3) is 0 Å². The SMILES string of the molecule is C[C@@H]1O[C@]2(C)O[C@H]1[C@@]1(C)O[C@@H]2[C@@H](C)O1. The van der Waals surface area contributed by atoms with Gasteiger partial charge in [0.2, 0.25) is 0 Å². The molecule has 80 valence electrons. The number of fused-ring (bicyclic) bond motifs is 6. The molecule has 0 aromatic rings. The normalized spacial score (nSPS) is 66.0. The third-order valence-corrected chi connectivity index (χ3v) is 3.45. The van der Waals surface area contributed by atoms with Crippen molar-refractivity contribution in [2.75, 3.05) is 0 Å². The highest BCUT2D eigenvalue weighted by Crippen LogP contribution is 2.51. The van der Waals surface area contributed by atoms with Gasteiger partial charge in [-0.25, -0.2) is 0 Å². The van der Waals surface area contributed by atoms with E-state index in [0.717, 1.165) is 0 Å². The molecule has 3 aliphatic rings. The lowest BCUT2D eigenvalue weighted by Gasteiger charge is -2.37. The van der Waals surface area contributed by atoms with Crippen molar-refractivity contribution in [2.45, 2.75) is 63.7 Å². The zero-order valence-electron chi connectivity index (χ0n) is 8.94. The Balaban J connectivity index is 2.04. The number of ether oxygens (including phenoxy) is 4. The highest BCUT2D eigenvalue weighted by atomic mass is 16.9. The quantitative estimate of drug-likeness (QED) is 0.585. The van der Waals surface area contributed by atoms with E-state index >= 15 is 0 Å². The van der Waals surface area contributed by atoms with E-state index in [-0.39, 0.29) is 24.4 Å². The third-order valence-electron chi connectivity index (χ3n) is 3.45. The number of rotatable bonds is 0. The Labute approximate surface area is 83.5 Å². The van der Waals surface area contributed by atoms with E-state index in [0.29, 0.717) is 0 Å². The van der Waals surface area contributed by atoms with Crippen LogP contribution >= 0.6 is 0 Å². The first-order chi connectivity index (χ1) is 6.45. The molecule has 14 heavy (non-hydrogen) atoms. The molecule has 0 radical (unpaired) electrons. The van der Waals surface area contributed by atoms with Crippen LogP contribution in [0.5, 0.6) is 0 Å². The molecule has 0 aliphatic carbocycles. The summed E-state index contributed by atoms with van der Waals surface area (Å²) in [5.41, 5.74) is 0. The molecular formula is C10H16O4. The van der Waals surface area contributed by atoms with E-state index in [1.165, 1.54) is 0 Å². The van der Waals surface area contributed by atoms with Crippen LogP contribution in [0.2, 0.25) is 0 Å². The Morgan fingerprint density at radius 1 is 0.714 bits per heavy atom. The fourth-order valence-electron chi connectivity index (χ4n) is 2.95. The molecule has 0 saturated carbocycles. The summed E-state index contributed by atoms with van der Waals surface area (Å²) in [7, 11) is 0. The van der Waals surface area contributed by atoms with Crippen molar-refractivity contribution in [2.24, 2.45) is 0 Å². The lowest BCUT2D eigenvalue weighted by molar-refractivity contribution is -0.313. The van der Waals surface area contributed by atoms with E-state index in [2.05, 4.69) is 0 Å². The summed E-state index contributed by atoms with van der Waals surface area (Å²) in [5.74, 6) is -1.25. The summed E-state index contributed by atoms with van der Waals surface area (Å²) in [5, 5.41) is 0. The van der Waals surface area contributed by atoms with Crippen molar-refractivity contribution in [3.8, 4) is 0 Å². The molecule has 4 bridgehead atoms. The van der Waals surface area contributed by atoms with Gasteiger partial charge in [0.05, 0.1) is 12.2 Å². The van der Waals surface area contributed by atoms with E-state index in [1.807, 2.05) is 27.7 Å². The minimum Gasteiger partial charge on any atom is -0.342 e. The van der Waals surface area contributed by atoms with Crippen molar-refractivity contribution in [1.82, 2.24) is 0 Å². The van der Waals surface area contributed by atoms with Crippen LogP contribution in [0, 0.1) is 0 Å². The first-order valence-corrected chi connectivity index (χ1v) is 5.16. The molecule has 0 N–H and O–H groups in total. The Morgan fingerprint density at radius 2 is 1.07 bits per heavy atom. The summed E-state index contributed by atoms with van der Waals surface area (Å²) < 4.78 is 23.4. The van der Waals surface area contributed by atoms with Crippen molar-refractivity contribution in [3.05, 3.63) is 0 Å². The second-order valence-corrected chi connectivity index (χ2v) is 4.75. The Kier molecular flexibility index (Phi) is 1.51. The van der Waals surface area contributed by atoms with E-state index in [9.17, 15) is 0 Å². The molecule has 3 fully saturated rings. The molecule has 0 unspecified atom stereocenters. The van der Waals surface area contributed by atoms with Gasteiger partial charge in [0, 0.05) is 0 Å². The van der Waals surface area contributed by atoms with E-state index in [4.69, 9.17) is 18.9 Å². The highest BCUT2D eigenvalue weighted by molar-refractivity contribution is 5.04. The number of hydrogen-bond acceptors (Lipinski definition) is 4. The Bertz CT molecular complexity index is 253. The van der Waals surface area contributed by atoms with Gasteiger partial charge in [0.25, 0.3) is 0 Å². The molecule has 0 aromatic heterocycles. The molecule has 4 heteroatoms. The van der Waals surface area contributed by atoms with Crippen LogP contribution in [0.3, 0.4) is 0 Å². The summed E-state index contributed by atoms with van der Waals surface area (Å²) >= 11 is 0. The average Bonchev–Trinajstić information content (AvgIpc) is 2.49. The van der Waals surface area contributed by atoms with Crippen LogP contribution < -0.4 is 0 Å². The van der Waals surface area contributed by atoms with Gasteiger partial charge in [0.15, 0.2) is 11.6 Å². The molecule has 3 aliphatic heterocycles. The maximum Gasteiger partial charge on any atom is 0.195 e. The molecule has 0 aromatic carbocycles. The van der Waals surface area contributed by atoms with Gasteiger partial charge in [-0.05, 0) is 27.7 Å². The molecule has 0 spiro atoms. The lowest BCUT2D eigenvalue weighted by atomic mass is 10.1. The summed E-state index contributed by atoms with van der Waals surface area (Å²) in [6, 6.07) is 0. The van der Waals surface area contributed by atoms with Gasteiger partial charge in [-0.15, -0.1) is 0 Å². The predicted octanol–water partition coefficient (Wildman–Crippen LogP) is 1.04. The summed E-state index contributed by atoms with van der Waals surface area (Å²) in [6.07, 6.45) is -0.174. The second kappa shape index (κ2) is 2.32. The van der Waals surface area contributed by atoms with Gasteiger partial charge in [-0.1, -0.05) is 0 Å². The standard InChI is InChI=1S/C10H16O4/c1-5-7-9(3)12-6(2)8(14-9)10(4,11-5)13-7/h5-8H,1-4H3/t5-,6+,7-,8-,9-,10-/m1/s1. The van der Waals surface area contributed by atoms with Gasteiger partial charge in [-0.3, -0.25) is 0 Å². The molecule has 3 saturated heterocycles. The van der Waals surface area contributed by atoms with Crippen molar-refractivity contribution < 1.29 is 18.9 Å². The molecule has 6 atom stereocenters. The molecule has 0 amide bonds. The van der Waals surface area contributed by atoms with Crippen LogP contribution in [-0.2, 0) is 18.9 Å². The largest absolute Gasteiger partial charge is 0.342 e. The lowest BCUT2D eigenvalue weighted by Crippen LogP contribution is -2.53. The Morgan fingerprint density at radius 3 is 1.43 bits per heavy atom. The number of hydrogen-bond donors (Lipinski definition) is 0. The van der Waals surface area contributed by atoms with Gasteiger partial charge in [0.1, 0.15) is 12.2 Å². The maximum absolute atomic E-state index is 5.89.